The minimum Gasteiger partial charge on any atom is -0.324 e. The summed E-state index contributed by atoms with van der Waals surface area (Å²) in [4.78, 5) is 12.0. The lowest BCUT2D eigenvalue weighted by molar-refractivity contribution is -0.113. The Morgan fingerprint density at radius 2 is 2.05 bits per heavy atom. The quantitative estimate of drug-likeness (QED) is 0.748. The molecule has 0 saturated carbocycles. The van der Waals surface area contributed by atoms with Crippen LogP contribution in [0.1, 0.15) is 5.56 Å². The molecule has 0 aliphatic rings. The fraction of sp³-hybridized carbons (Fsp3) is 0.0667. The van der Waals surface area contributed by atoms with Crippen molar-refractivity contribution >= 4 is 29.0 Å². The van der Waals surface area contributed by atoms with Crippen LogP contribution in [0.3, 0.4) is 0 Å². The fourth-order valence-corrected chi connectivity index (χ4v) is 2.65. The van der Waals surface area contributed by atoms with Crippen molar-refractivity contribution in [2.24, 2.45) is 0 Å². The molecule has 0 atom stereocenters. The molecular formula is C15H11N5OS. The van der Waals surface area contributed by atoms with Gasteiger partial charge in [-0.1, -0.05) is 30.0 Å². The largest absolute Gasteiger partial charge is 0.324 e. The number of aromatic nitrogens is 3. The fourth-order valence-electron chi connectivity index (χ4n) is 1.92. The summed E-state index contributed by atoms with van der Waals surface area (Å²) >= 11 is 1.29. The number of thioether (sulfide) groups is 1. The molecule has 0 saturated heterocycles. The monoisotopic (exact) mass is 309 g/mol. The molecule has 2 heterocycles. The number of carbonyl (C=O) groups excluding carboxylic acids is 1. The molecule has 0 aliphatic heterocycles. The molecule has 0 fully saturated rings. The van der Waals surface area contributed by atoms with Crippen molar-refractivity contribution in [2.45, 2.75) is 5.16 Å². The Morgan fingerprint density at radius 3 is 2.91 bits per heavy atom. The van der Waals surface area contributed by atoms with Crippen LogP contribution in [0.2, 0.25) is 0 Å². The van der Waals surface area contributed by atoms with Gasteiger partial charge in [-0.05, 0) is 24.3 Å². The summed E-state index contributed by atoms with van der Waals surface area (Å²) in [5, 5.41) is 20.5. The zero-order valence-corrected chi connectivity index (χ0v) is 12.2. The van der Waals surface area contributed by atoms with E-state index in [4.69, 9.17) is 5.26 Å². The highest BCUT2D eigenvalue weighted by Crippen LogP contribution is 2.18. The topological polar surface area (TPSA) is 83.1 Å². The first-order valence-corrected chi connectivity index (χ1v) is 7.48. The van der Waals surface area contributed by atoms with E-state index in [9.17, 15) is 4.79 Å². The van der Waals surface area contributed by atoms with Crippen LogP contribution in [0, 0.1) is 11.3 Å². The third-order valence-corrected chi connectivity index (χ3v) is 3.88. The number of pyridine rings is 1. The van der Waals surface area contributed by atoms with Crippen molar-refractivity contribution in [2.75, 3.05) is 11.1 Å². The maximum absolute atomic E-state index is 12.0. The molecule has 108 valence electrons. The number of anilines is 1. The number of nitrogens with one attached hydrogen (secondary N) is 1. The maximum atomic E-state index is 12.0. The second-order valence-corrected chi connectivity index (χ2v) is 5.35. The highest BCUT2D eigenvalue weighted by molar-refractivity contribution is 7.99. The van der Waals surface area contributed by atoms with Gasteiger partial charge in [0.1, 0.15) is 6.07 Å². The van der Waals surface area contributed by atoms with Crippen molar-refractivity contribution in [3.63, 3.8) is 0 Å². The highest BCUT2D eigenvalue weighted by atomic mass is 32.2. The molecule has 0 bridgehead atoms. The Morgan fingerprint density at radius 1 is 1.23 bits per heavy atom. The van der Waals surface area contributed by atoms with E-state index in [1.165, 1.54) is 11.8 Å². The van der Waals surface area contributed by atoms with Crippen LogP contribution in [-0.2, 0) is 4.79 Å². The summed E-state index contributed by atoms with van der Waals surface area (Å²) in [5.74, 6) is -0.00416. The van der Waals surface area contributed by atoms with E-state index in [0.29, 0.717) is 16.4 Å². The minimum absolute atomic E-state index is 0.190. The standard InChI is InChI=1S/C15H11N5OS/c16-9-11-5-1-2-6-12(11)17-14(21)10-22-15-19-18-13-7-3-4-8-20(13)15/h1-8H,10H2,(H,17,21). The summed E-state index contributed by atoms with van der Waals surface area (Å²) in [5.41, 5.74) is 1.69. The van der Waals surface area contributed by atoms with Gasteiger partial charge in [-0.2, -0.15) is 5.26 Å². The average molecular weight is 309 g/mol. The van der Waals surface area contributed by atoms with Gasteiger partial charge in [-0.25, -0.2) is 0 Å². The molecule has 0 spiro atoms. The van der Waals surface area contributed by atoms with Crippen LogP contribution in [0.15, 0.2) is 53.8 Å². The van der Waals surface area contributed by atoms with Crippen LogP contribution in [-0.4, -0.2) is 26.3 Å². The van der Waals surface area contributed by atoms with Gasteiger partial charge < -0.3 is 5.32 Å². The molecule has 1 aromatic carbocycles. The molecule has 6 nitrogen and oxygen atoms in total. The number of fused-ring (bicyclic) bond motifs is 1. The first kappa shape index (κ1) is 14.1. The number of para-hydroxylation sites is 1. The van der Waals surface area contributed by atoms with Gasteiger partial charge in [0.25, 0.3) is 0 Å². The Labute approximate surface area is 130 Å². The molecule has 3 aromatic rings. The number of rotatable bonds is 4. The van der Waals surface area contributed by atoms with E-state index in [-0.39, 0.29) is 11.7 Å². The second-order valence-electron chi connectivity index (χ2n) is 4.41. The first-order chi connectivity index (χ1) is 10.8. The summed E-state index contributed by atoms with van der Waals surface area (Å²) in [7, 11) is 0. The third-order valence-electron chi connectivity index (χ3n) is 2.94. The molecule has 0 radical (unpaired) electrons. The van der Waals surface area contributed by atoms with Gasteiger partial charge in [0.05, 0.1) is 17.0 Å². The molecular weight excluding hydrogens is 298 g/mol. The van der Waals surface area contributed by atoms with Crippen molar-refractivity contribution < 1.29 is 4.79 Å². The Kier molecular flexibility index (Phi) is 4.03. The number of amides is 1. The van der Waals surface area contributed by atoms with Gasteiger partial charge >= 0.3 is 0 Å². The number of nitrogens with zero attached hydrogens (tertiary/aromatic N) is 4. The minimum atomic E-state index is -0.194. The van der Waals surface area contributed by atoms with Gasteiger partial charge in [0, 0.05) is 6.20 Å². The lowest BCUT2D eigenvalue weighted by atomic mass is 10.2. The Balaban J connectivity index is 1.67. The average Bonchev–Trinajstić information content (AvgIpc) is 2.97. The number of hydrogen-bond donors (Lipinski definition) is 1. The van der Waals surface area contributed by atoms with Crippen LogP contribution < -0.4 is 5.32 Å². The molecule has 7 heteroatoms. The summed E-state index contributed by atoms with van der Waals surface area (Å²) in [6.07, 6.45) is 1.85. The molecule has 2 aromatic heterocycles. The predicted molar refractivity (Wildman–Crippen MR) is 83.5 cm³/mol. The van der Waals surface area contributed by atoms with Gasteiger partial charge in [0.15, 0.2) is 10.8 Å². The van der Waals surface area contributed by atoms with E-state index in [1.54, 1.807) is 24.3 Å². The molecule has 3 rings (SSSR count). The zero-order chi connectivity index (χ0) is 15.4. The van der Waals surface area contributed by atoms with Crippen LogP contribution in [0.4, 0.5) is 5.69 Å². The van der Waals surface area contributed by atoms with Crippen LogP contribution in [0.25, 0.3) is 5.65 Å². The molecule has 1 N–H and O–H groups in total. The van der Waals surface area contributed by atoms with Crippen molar-refractivity contribution in [3.8, 4) is 6.07 Å². The number of carbonyl (C=O) groups is 1. The number of benzene rings is 1. The summed E-state index contributed by atoms with van der Waals surface area (Å²) < 4.78 is 1.82. The molecule has 0 unspecified atom stereocenters. The lowest BCUT2D eigenvalue weighted by Crippen LogP contribution is -2.15. The van der Waals surface area contributed by atoms with Gasteiger partial charge in [-0.3, -0.25) is 9.20 Å². The second kappa shape index (κ2) is 6.28. The Hall–Kier alpha value is -2.85. The van der Waals surface area contributed by atoms with E-state index >= 15 is 0 Å². The van der Waals surface area contributed by atoms with E-state index < -0.39 is 0 Å². The first-order valence-electron chi connectivity index (χ1n) is 6.49. The Bertz CT molecular complexity index is 867. The van der Waals surface area contributed by atoms with E-state index in [2.05, 4.69) is 15.5 Å². The lowest BCUT2D eigenvalue weighted by Gasteiger charge is -2.06. The molecule has 22 heavy (non-hydrogen) atoms. The van der Waals surface area contributed by atoms with Crippen LogP contribution >= 0.6 is 11.8 Å². The van der Waals surface area contributed by atoms with Crippen LogP contribution in [0.5, 0.6) is 0 Å². The normalized spacial score (nSPS) is 10.3. The van der Waals surface area contributed by atoms with E-state index in [0.717, 1.165) is 5.65 Å². The molecule has 0 aliphatic carbocycles. The van der Waals surface area contributed by atoms with Crippen molar-refractivity contribution in [3.05, 3.63) is 54.2 Å². The molecule has 1 amide bonds. The predicted octanol–water partition coefficient (Wildman–Crippen LogP) is 2.33. The van der Waals surface area contributed by atoms with Gasteiger partial charge in [0.2, 0.25) is 5.91 Å². The van der Waals surface area contributed by atoms with Crippen molar-refractivity contribution in [1.29, 1.82) is 5.26 Å². The van der Waals surface area contributed by atoms with Crippen molar-refractivity contribution in [1.82, 2.24) is 14.6 Å². The third kappa shape index (κ3) is 2.92. The SMILES string of the molecule is N#Cc1ccccc1NC(=O)CSc1nnc2ccccn12. The smallest absolute Gasteiger partial charge is 0.234 e. The number of nitriles is 1. The van der Waals surface area contributed by atoms with E-state index in [1.807, 2.05) is 34.9 Å². The summed E-state index contributed by atoms with van der Waals surface area (Å²) in [6, 6.07) is 14.5. The number of hydrogen-bond acceptors (Lipinski definition) is 5. The van der Waals surface area contributed by atoms with Gasteiger partial charge in [-0.15, -0.1) is 10.2 Å². The summed E-state index contributed by atoms with van der Waals surface area (Å²) in [6.45, 7) is 0. The maximum Gasteiger partial charge on any atom is 0.234 e. The zero-order valence-electron chi connectivity index (χ0n) is 11.4. The highest BCUT2D eigenvalue weighted by Gasteiger charge is 2.10.